The molecular formula is C27H23N. The third kappa shape index (κ3) is 2.99. The van der Waals surface area contributed by atoms with Crippen molar-refractivity contribution < 1.29 is 0 Å². The summed E-state index contributed by atoms with van der Waals surface area (Å²) in [4.78, 5) is 2.39. The van der Waals surface area contributed by atoms with Crippen LogP contribution in [0.1, 0.15) is 23.1 Å². The lowest BCUT2D eigenvalue weighted by Gasteiger charge is -2.29. The first kappa shape index (κ1) is 16.8. The van der Waals surface area contributed by atoms with E-state index in [1.165, 1.54) is 44.5 Å². The Balaban J connectivity index is 1.74. The Hall–Kier alpha value is -3.32. The van der Waals surface area contributed by atoms with E-state index in [9.17, 15) is 0 Å². The molecule has 136 valence electrons. The lowest BCUT2D eigenvalue weighted by molar-refractivity contribution is 0.984. The van der Waals surface area contributed by atoms with E-state index >= 15 is 0 Å². The molecule has 0 bridgehead atoms. The maximum absolute atomic E-state index is 2.39. The number of nitrogens with zero attached hydrogens (tertiary/aromatic N) is 1. The molecule has 0 radical (unpaired) electrons. The van der Waals surface area contributed by atoms with Gasteiger partial charge in [0.2, 0.25) is 0 Å². The molecule has 0 spiro atoms. The smallest absolute Gasteiger partial charge is 0.0536 e. The predicted molar refractivity (Wildman–Crippen MR) is 121 cm³/mol. The van der Waals surface area contributed by atoms with Crippen molar-refractivity contribution in [2.75, 3.05) is 4.90 Å². The largest absolute Gasteiger partial charge is 0.310 e. The van der Waals surface area contributed by atoms with Crippen molar-refractivity contribution in [1.82, 2.24) is 0 Å². The van der Waals surface area contributed by atoms with E-state index in [1.807, 2.05) is 0 Å². The van der Waals surface area contributed by atoms with Crippen molar-refractivity contribution in [3.8, 4) is 0 Å². The molecule has 5 rings (SSSR count). The van der Waals surface area contributed by atoms with Crippen molar-refractivity contribution >= 4 is 33.9 Å². The Morgan fingerprint density at radius 3 is 2.36 bits per heavy atom. The highest BCUT2D eigenvalue weighted by Gasteiger charge is 2.18. The fraction of sp³-hybridized carbons (Fsp3) is 0.111. The molecule has 28 heavy (non-hydrogen) atoms. The van der Waals surface area contributed by atoms with Crippen LogP contribution in [0.15, 0.2) is 91.0 Å². The molecule has 0 aliphatic heterocycles. The molecule has 4 aromatic rings. The summed E-state index contributed by atoms with van der Waals surface area (Å²) >= 11 is 0. The van der Waals surface area contributed by atoms with Gasteiger partial charge < -0.3 is 4.90 Å². The summed E-state index contributed by atoms with van der Waals surface area (Å²) in [6.07, 6.45) is 6.81. The van der Waals surface area contributed by atoms with Crippen molar-refractivity contribution in [2.45, 2.75) is 19.8 Å². The van der Waals surface area contributed by atoms with Crippen LogP contribution in [-0.2, 0) is 6.42 Å². The minimum atomic E-state index is 1.11. The van der Waals surface area contributed by atoms with Gasteiger partial charge >= 0.3 is 0 Å². The molecular weight excluding hydrogens is 338 g/mol. The van der Waals surface area contributed by atoms with E-state index in [1.54, 1.807) is 0 Å². The predicted octanol–water partition coefficient (Wildman–Crippen LogP) is 7.58. The Bertz CT molecular complexity index is 1170. The highest BCUT2D eigenvalue weighted by molar-refractivity contribution is 5.91. The Morgan fingerprint density at radius 2 is 1.50 bits per heavy atom. The second-order valence-corrected chi connectivity index (χ2v) is 7.49. The van der Waals surface area contributed by atoms with Gasteiger partial charge in [-0.05, 0) is 66.4 Å². The van der Waals surface area contributed by atoms with Crippen LogP contribution in [0.3, 0.4) is 0 Å². The van der Waals surface area contributed by atoms with E-state index in [0.29, 0.717) is 0 Å². The minimum absolute atomic E-state index is 1.11. The number of benzene rings is 4. The zero-order valence-electron chi connectivity index (χ0n) is 16.1. The third-order valence-electron chi connectivity index (χ3n) is 5.56. The summed E-state index contributed by atoms with van der Waals surface area (Å²) in [7, 11) is 0. The van der Waals surface area contributed by atoms with Crippen molar-refractivity contribution in [1.29, 1.82) is 0 Å². The van der Waals surface area contributed by atoms with Gasteiger partial charge in [0, 0.05) is 16.9 Å². The summed E-state index contributed by atoms with van der Waals surface area (Å²) in [5.41, 5.74) is 7.66. The highest BCUT2D eigenvalue weighted by atomic mass is 15.1. The molecule has 1 heteroatoms. The lowest BCUT2D eigenvalue weighted by Crippen LogP contribution is -2.13. The lowest BCUT2D eigenvalue weighted by atomic mass is 9.95. The van der Waals surface area contributed by atoms with Crippen molar-refractivity contribution in [3.63, 3.8) is 0 Å². The third-order valence-corrected chi connectivity index (χ3v) is 5.56. The van der Waals surface area contributed by atoms with Crippen LogP contribution in [0.4, 0.5) is 17.1 Å². The molecule has 4 aromatic carbocycles. The van der Waals surface area contributed by atoms with E-state index in [2.05, 4.69) is 109 Å². The fourth-order valence-electron chi connectivity index (χ4n) is 4.08. The summed E-state index contributed by atoms with van der Waals surface area (Å²) < 4.78 is 0. The second kappa shape index (κ2) is 7.01. The molecule has 1 aliphatic rings. The first-order valence-corrected chi connectivity index (χ1v) is 9.94. The zero-order valence-corrected chi connectivity index (χ0v) is 16.1. The molecule has 0 unspecified atom stereocenters. The molecule has 1 nitrogen and oxygen atoms in total. The number of hydrogen-bond donors (Lipinski definition) is 0. The summed E-state index contributed by atoms with van der Waals surface area (Å²) in [6, 6.07) is 30.8. The molecule has 0 aromatic heterocycles. The van der Waals surface area contributed by atoms with Gasteiger partial charge in [-0.2, -0.15) is 0 Å². The Labute approximate surface area is 166 Å². The molecule has 0 amide bonds. The van der Waals surface area contributed by atoms with Crippen LogP contribution < -0.4 is 4.90 Å². The minimum Gasteiger partial charge on any atom is -0.310 e. The molecule has 1 aliphatic carbocycles. The summed E-state index contributed by atoms with van der Waals surface area (Å²) in [5.74, 6) is 0. The summed E-state index contributed by atoms with van der Waals surface area (Å²) in [6.45, 7) is 2.14. The number of allylic oxidation sites excluding steroid dienone is 1. The molecule has 0 fully saturated rings. The van der Waals surface area contributed by atoms with Gasteiger partial charge in [0.25, 0.3) is 0 Å². The van der Waals surface area contributed by atoms with Crippen LogP contribution in [0.5, 0.6) is 0 Å². The number of fused-ring (bicyclic) bond motifs is 2. The topological polar surface area (TPSA) is 3.24 Å². The standard InChI is InChI=1S/C27H23N/c1-20-13-16-24(17-14-20)28(25-18-15-21-7-2-3-9-23(21)19-25)27-12-6-10-22-8-4-5-11-26(22)27/h2-3,5-7,9-19H,4,8H2,1H3. The van der Waals surface area contributed by atoms with E-state index < -0.39 is 0 Å². The van der Waals surface area contributed by atoms with Crippen LogP contribution >= 0.6 is 0 Å². The van der Waals surface area contributed by atoms with Crippen LogP contribution in [0.25, 0.3) is 16.8 Å². The van der Waals surface area contributed by atoms with Gasteiger partial charge in [0.15, 0.2) is 0 Å². The number of rotatable bonds is 3. The number of anilines is 3. The van der Waals surface area contributed by atoms with Gasteiger partial charge in [0.05, 0.1) is 5.69 Å². The van der Waals surface area contributed by atoms with Crippen LogP contribution in [-0.4, -0.2) is 0 Å². The number of hydrogen-bond acceptors (Lipinski definition) is 1. The highest BCUT2D eigenvalue weighted by Crippen LogP contribution is 2.40. The zero-order chi connectivity index (χ0) is 18.9. The molecule has 0 N–H and O–H groups in total. The van der Waals surface area contributed by atoms with E-state index in [0.717, 1.165) is 12.8 Å². The average Bonchev–Trinajstić information content (AvgIpc) is 2.75. The van der Waals surface area contributed by atoms with Crippen LogP contribution in [0, 0.1) is 6.92 Å². The van der Waals surface area contributed by atoms with Gasteiger partial charge in [-0.15, -0.1) is 0 Å². The molecule has 0 atom stereocenters. The molecule has 0 saturated heterocycles. The monoisotopic (exact) mass is 361 g/mol. The average molecular weight is 361 g/mol. The maximum atomic E-state index is 2.39. The Morgan fingerprint density at radius 1 is 0.714 bits per heavy atom. The number of aryl methyl sites for hydroxylation is 2. The van der Waals surface area contributed by atoms with Gasteiger partial charge in [-0.3, -0.25) is 0 Å². The summed E-state index contributed by atoms with van der Waals surface area (Å²) in [5, 5.41) is 2.53. The normalized spacial score (nSPS) is 12.8. The maximum Gasteiger partial charge on any atom is 0.0536 e. The van der Waals surface area contributed by atoms with Gasteiger partial charge in [0.1, 0.15) is 0 Å². The quantitative estimate of drug-likeness (QED) is 0.363. The van der Waals surface area contributed by atoms with E-state index in [4.69, 9.17) is 0 Å². The van der Waals surface area contributed by atoms with Gasteiger partial charge in [-0.25, -0.2) is 0 Å². The molecule has 0 saturated carbocycles. The molecule has 0 heterocycles. The SMILES string of the molecule is Cc1ccc(N(c2ccc3ccccc3c2)c2cccc3c2C=CCC3)cc1. The second-order valence-electron chi connectivity index (χ2n) is 7.49. The van der Waals surface area contributed by atoms with Crippen LogP contribution in [0.2, 0.25) is 0 Å². The fourth-order valence-corrected chi connectivity index (χ4v) is 4.08. The first-order valence-electron chi connectivity index (χ1n) is 9.94. The van der Waals surface area contributed by atoms with Crippen molar-refractivity contribution in [2.24, 2.45) is 0 Å². The van der Waals surface area contributed by atoms with Crippen molar-refractivity contribution in [3.05, 3.63) is 108 Å². The van der Waals surface area contributed by atoms with E-state index in [-0.39, 0.29) is 0 Å². The first-order chi connectivity index (χ1) is 13.8. The van der Waals surface area contributed by atoms with Gasteiger partial charge in [-0.1, -0.05) is 72.3 Å². The Kier molecular flexibility index (Phi) is 4.21.